The number of imidazole rings is 1. The van der Waals surface area contributed by atoms with Gasteiger partial charge in [-0.25, -0.2) is 13.4 Å². The van der Waals surface area contributed by atoms with Crippen molar-refractivity contribution in [1.29, 1.82) is 0 Å². The zero-order valence-corrected chi connectivity index (χ0v) is 15.9. The average molecular weight is 366 g/mol. The van der Waals surface area contributed by atoms with E-state index >= 15 is 0 Å². The van der Waals surface area contributed by atoms with Crippen LogP contribution < -0.4 is 0 Å². The molecule has 3 rings (SSSR count). The van der Waals surface area contributed by atoms with Gasteiger partial charge in [0.25, 0.3) is 10.0 Å². The van der Waals surface area contributed by atoms with Crippen molar-refractivity contribution in [1.82, 2.24) is 28.5 Å². The van der Waals surface area contributed by atoms with Gasteiger partial charge in [-0.3, -0.25) is 4.68 Å². The number of fused-ring (bicyclic) bond motifs is 1. The Kier molecular flexibility index (Phi) is 5.26. The Bertz CT molecular complexity index is 808. The summed E-state index contributed by atoms with van der Waals surface area (Å²) in [5, 5.41) is 4.52. The van der Waals surface area contributed by atoms with Crippen molar-refractivity contribution >= 4 is 10.0 Å². The first-order valence-corrected chi connectivity index (χ1v) is 10.1. The molecule has 9 heteroatoms. The maximum Gasteiger partial charge on any atom is 0.262 e. The molecule has 0 saturated heterocycles. The van der Waals surface area contributed by atoms with E-state index in [9.17, 15) is 8.42 Å². The third-order valence-electron chi connectivity index (χ3n) is 4.81. The van der Waals surface area contributed by atoms with Crippen LogP contribution in [-0.4, -0.2) is 63.1 Å². The summed E-state index contributed by atoms with van der Waals surface area (Å²) < 4.78 is 31.0. The molecule has 1 unspecified atom stereocenters. The highest BCUT2D eigenvalue weighted by Crippen LogP contribution is 2.27. The van der Waals surface area contributed by atoms with Gasteiger partial charge in [0.15, 0.2) is 5.03 Å². The van der Waals surface area contributed by atoms with Crippen molar-refractivity contribution in [3.8, 4) is 0 Å². The Morgan fingerprint density at radius 2 is 2.08 bits per heavy atom. The van der Waals surface area contributed by atoms with Gasteiger partial charge in [0.05, 0.1) is 24.6 Å². The first-order chi connectivity index (χ1) is 12.0. The molecular weight excluding hydrogens is 340 g/mol. The SMILES string of the molecule is CCN(CC)CCC1CN(S(=O)(=O)c2cn(C)cn2)Cc2ccnn21. The third-order valence-corrected chi connectivity index (χ3v) is 6.51. The van der Waals surface area contributed by atoms with Crippen molar-refractivity contribution in [3.63, 3.8) is 0 Å². The number of hydrogen-bond donors (Lipinski definition) is 0. The maximum atomic E-state index is 12.9. The quantitative estimate of drug-likeness (QED) is 0.733. The van der Waals surface area contributed by atoms with Crippen LogP contribution in [0, 0.1) is 0 Å². The number of aryl methyl sites for hydroxylation is 1. The van der Waals surface area contributed by atoms with E-state index in [0.717, 1.165) is 31.7 Å². The first-order valence-electron chi connectivity index (χ1n) is 8.68. The monoisotopic (exact) mass is 366 g/mol. The number of sulfonamides is 1. The van der Waals surface area contributed by atoms with Gasteiger partial charge in [-0.2, -0.15) is 9.40 Å². The molecule has 3 heterocycles. The Morgan fingerprint density at radius 3 is 2.72 bits per heavy atom. The predicted molar refractivity (Wildman–Crippen MR) is 94.5 cm³/mol. The molecule has 2 aromatic rings. The molecule has 0 amide bonds. The highest BCUT2D eigenvalue weighted by molar-refractivity contribution is 7.89. The molecule has 25 heavy (non-hydrogen) atoms. The van der Waals surface area contributed by atoms with Crippen molar-refractivity contribution < 1.29 is 8.42 Å². The maximum absolute atomic E-state index is 12.9. The lowest BCUT2D eigenvalue weighted by Gasteiger charge is -2.33. The van der Waals surface area contributed by atoms with Crippen LogP contribution in [0.25, 0.3) is 0 Å². The number of hydrogen-bond acceptors (Lipinski definition) is 5. The second-order valence-electron chi connectivity index (χ2n) is 6.41. The molecule has 2 aromatic heterocycles. The molecule has 0 bridgehead atoms. The lowest BCUT2D eigenvalue weighted by Crippen LogP contribution is -2.42. The minimum atomic E-state index is -3.60. The van der Waals surface area contributed by atoms with Crippen LogP contribution >= 0.6 is 0 Å². The van der Waals surface area contributed by atoms with Crippen LogP contribution in [0.4, 0.5) is 0 Å². The molecule has 0 spiro atoms. The molecule has 0 N–H and O–H groups in total. The van der Waals surface area contributed by atoms with Crippen molar-refractivity contribution in [2.75, 3.05) is 26.2 Å². The molecular formula is C16H26N6O2S. The predicted octanol–water partition coefficient (Wildman–Crippen LogP) is 1.09. The van der Waals surface area contributed by atoms with Crippen LogP contribution in [0.5, 0.6) is 0 Å². The zero-order chi connectivity index (χ0) is 18.0. The second-order valence-corrected chi connectivity index (χ2v) is 8.30. The van der Waals surface area contributed by atoms with Crippen LogP contribution in [0.15, 0.2) is 29.8 Å². The number of nitrogens with zero attached hydrogens (tertiary/aromatic N) is 6. The Morgan fingerprint density at radius 1 is 1.32 bits per heavy atom. The fraction of sp³-hybridized carbons (Fsp3) is 0.625. The largest absolute Gasteiger partial charge is 0.339 e. The van der Waals surface area contributed by atoms with Crippen molar-refractivity contribution in [2.24, 2.45) is 7.05 Å². The van der Waals surface area contributed by atoms with E-state index in [0.29, 0.717) is 13.1 Å². The Hall–Kier alpha value is -1.71. The Labute approximate surface area is 149 Å². The summed E-state index contributed by atoms with van der Waals surface area (Å²) in [6.07, 6.45) is 5.67. The molecule has 1 atom stereocenters. The second kappa shape index (κ2) is 7.27. The van der Waals surface area contributed by atoms with Crippen molar-refractivity contribution in [2.45, 2.75) is 37.9 Å². The minimum absolute atomic E-state index is 0.0397. The molecule has 1 aliphatic rings. The summed E-state index contributed by atoms with van der Waals surface area (Å²) >= 11 is 0. The van der Waals surface area contributed by atoms with Gasteiger partial charge < -0.3 is 9.47 Å². The van der Waals surface area contributed by atoms with Crippen LogP contribution in [0.3, 0.4) is 0 Å². The summed E-state index contributed by atoms with van der Waals surface area (Å²) in [4.78, 5) is 6.38. The lowest BCUT2D eigenvalue weighted by molar-refractivity contribution is 0.218. The molecule has 8 nitrogen and oxygen atoms in total. The first kappa shape index (κ1) is 18.1. The summed E-state index contributed by atoms with van der Waals surface area (Å²) in [5.41, 5.74) is 0.926. The number of aromatic nitrogens is 4. The van der Waals surface area contributed by atoms with Gasteiger partial charge >= 0.3 is 0 Å². The lowest BCUT2D eigenvalue weighted by atomic mass is 10.1. The van der Waals surface area contributed by atoms with Gasteiger partial charge in [-0.05, 0) is 25.6 Å². The minimum Gasteiger partial charge on any atom is -0.339 e. The summed E-state index contributed by atoms with van der Waals surface area (Å²) in [7, 11) is -1.83. The van der Waals surface area contributed by atoms with Gasteiger partial charge in [-0.15, -0.1) is 0 Å². The highest BCUT2D eigenvalue weighted by Gasteiger charge is 2.34. The van der Waals surface area contributed by atoms with Crippen LogP contribution in [-0.2, 0) is 23.6 Å². The smallest absolute Gasteiger partial charge is 0.262 e. The van der Waals surface area contributed by atoms with Gasteiger partial charge in [0.1, 0.15) is 0 Å². The molecule has 0 fully saturated rings. The van der Waals surface area contributed by atoms with E-state index < -0.39 is 10.0 Å². The number of rotatable bonds is 7. The molecule has 0 radical (unpaired) electrons. The molecule has 0 saturated carbocycles. The average Bonchev–Trinajstić information content (AvgIpc) is 3.24. The molecule has 1 aliphatic heterocycles. The normalized spacial score (nSPS) is 18.6. The van der Waals surface area contributed by atoms with Gasteiger partial charge in [0.2, 0.25) is 0 Å². The van der Waals surface area contributed by atoms with E-state index in [1.54, 1.807) is 24.0 Å². The summed E-state index contributed by atoms with van der Waals surface area (Å²) in [6.45, 7) is 7.95. The van der Waals surface area contributed by atoms with Crippen LogP contribution in [0.1, 0.15) is 32.0 Å². The standard InChI is InChI=1S/C16H26N6O2S/c1-4-20(5-2)9-7-15-11-21(10-14-6-8-18-22(14)15)25(23,24)16-12-19(3)13-17-16/h6,8,12-13,15H,4-5,7,9-11H2,1-3H3. The topological polar surface area (TPSA) is 76.3 Å². The summed E-state index contributed by atoms with van der Waals surface area (Å²) in [5.74, 6) is 0. The van der Waals surface area contributed by atoms with E-state index in [1.807, 2.05) is 10.7 Å². The van der Waals surface area contributed by atoms with E-state index in [1.165, 1.54) is 10.6 Å². The highest BCUT2D eigenvalue weighted by atomic mass is 32.2. The van der Waals surface area contributed by atoms with Gasteiger partial charge in [-0.1, -0.05) is 13.8 Å². The fourth-order valence-corrected chi connectivity index (χ4v) is 4.69. The van der Waals surface area contributed by atoms with Crippen LogP contribution in [0.2, 0.25) is 0 Å². The fourth-order valence-electron chi connectivity index (χ4n) is 3.28. The van der Waals surface area contributed by atoms with E-state index in [-0.39, 0.29) is 11.1 Å². The van der Waals surface area contributed by atoms with Crippen molar-refractivity contribution in [3.05, 3.63) is 30.5 Å². The van der Waals surface area contributed by atoms with E-state index in [4.69, 9.17) is 0 Å². The van der Waals surface area contributed by atoms with Gasteiger partial charge in [0, 0.05) is 32.5 Å². The molecule has 138 valence electrons. The third kappa shape index (κ3) is 3.63. The molecule has 0 aromatic carbocycles. The molecule has 0 aliphatic carbocycles. The Balaban J connectivity index is 1.82. The zero-order valence-electron chi connectivity index (χ0n) is 15.0. The van der Waals surface area contributed by atoms with E-state index in [2.05, 4.69) is 28.8 Å². The summed E-state index contributed by atoms with van der Waals surface area (Å²) in [6, 6.07) is 1.93.